The molecule has 0 bridgehead atoms. The van der Waals surface area contributed by atoms with Crippen LogP contribution >= 0.6 is 12.2 Å². The summed E-state index contributed by atoms with van der Waals surface area (Å²) in [6.45, 7) is 5.60. The summed E-state index contributed by atoms with van der Waals surface area (Å²) in [4.78, 5) is 31.7. The molecule has 2 amide bonds. The average Bonchev–Trinajstić information content (AvgIpc) is 2.53. The number of rotatable bonds is 6. The minimum absolute atomic E-state index is 0.106. The van der Waals surface area contributed by atoms with Crippen molar-refractivity contribution < 1.29 is 14.5 Å². The van der Waals surface area contributed by atoms with Crippen LogP contribution in [0.4, 0.5) is 5.69 Å². The summed E-state index contributed by atoms with van der Waals surface area (Å²) in [5, 5.41) is 2.70. The molecule has 2 N–H and O–H groups in total. The first kappa shape index (κ1) is 19.2. The molecule has 1 aliphatic heterocycles. The zero-order chi connectivity index (χ0) is 18.6. The minimum Gasteiger partial charge on any atom is -0.338 e. The summed E-state index contributed by atoms with van der Waals surface area (Å²) in [6, 6.07) is 7.63. The fourth-order valence-electron chi connectivity index (χ4n) is 2.44. The number of nitrogens with one attached hydrogen (secondary N) is 2. The molecule has 6 nitrogen and oxygen atoms in total. The molecule has 0 aliphatic carbocycles. The molecule has 0 aromatic heterocycles. The Hall–Kier alpha value is -2.12. The molecule has 0 radical (unpaired) electrons. The van der Waals surface area contributed by atoms with Crippen LogP contribution in [0.1, 0.15) is 25.3 Å². The fourth-order valence-corrected chi connectivity index (χ4v) is 2.74. The van der Waals surface area contributed by atoms with Gasteiger partial charge in [0.05, 0.1) is 32.9 Å². The van der Waals surface area contributed by atoms with Gasteiger partial charge in [0.15, 0.2) is 11.0 Å². The lowest BCUT2D eigenvalue weighted by atomic mass is 10.0. The predicted molar refractivity (Wildman–Crippen MR) is 103 cm³/mol. The molecule has 7 heteroatoms. The van der Waals surface area contributed by atoms with Crippen molar-refractivity contribution in [1.29, 1.82) is 0 Å². The van der Waals surface area contributed by atoms with Crippen molar-refractivity contribution in [3.63, 3.8) is 0 Å². The van der Waals surface area contributed by atoms with E-state index in [2.05, 4.69) is 24.2 Å². The quantitative estimate of drug-likeness (QED) is 0.438. The number of quaternary nitrogens is 1. The Labute approximate surface area is 153 Å². The number of benzene rings is 1. The number of hydrogen-bond donors (Lipinski definition) is 2. The van der Waals surface area contributed by atoms with Gasteiger partial charge in [-0.05, 0) is 35.8 Å². The molecule has 1 atom stereocenters. The first-order chi connectivity index (χ1) is 11.8. The van der Waals surface area contributed by atoms with Gasteiger partial charge in [-0.3, -0.25) is 19.5 Å². The highest BCUT2D eigenvalue weighted by Crippen LogP contribution is 2.23. The minimum atomic E-state index is -0.950. The third-order valence-corrected chi connectivity index (χ3v) is 4.30. The summed E-state index contributed by atoms with van der Waals surface area (Å²) in [5.41, 5.74) is 1.82. The highest BCUT2D eigenvalue weighted by Gasteiger charge is 2.38. The monoisotopic (exact) mass is 361 g/mol. The molecule has 1 heterocycles. The number of hydrogen-bond acceptors (Lipinski definition) is 4. The van der Waals surface area contributed by atoms with Gasteiger partial charge in [0, 0.05) is 6.21 Å². The highest BCUT2D eigenvalue weighted by atomic mass is 32.1. The normalized spacial score (nSPS) is 18.6. The van der Waals surface area contributed by atoms with Crippen LogP contribution in [0.5, 0.6) is 0 Å². The van der Waals surface area contributed by atoms with E-state index in [0.29, 0.717) is 18.2 Å². The van der Waals surface area contributed by atoms with Crippen molar-refractivity contribution in [2.45, 2.75) is 19.8 Å². The Morgan fingerprint density at radius 2 is 1.92 bits per heavy atom. The molecule has 134 valence electrons. The van der Waals surface area contributed by atoms with Gasteiger partial charge in [-0.1, -0.05) is 26.0 Å². The van der Waals surface area contributed by atoms with Gasteiger partial charge in [-0.25, -0.2) is 0 Å². The summed E-state index contributed by atoms with van der Waals surface area (Å²) >= 11 is 5.20. The Morgan fingerprint density at radius 1 is 1.28 bits per heavy atom. The van der Waals surface area contributed by atoms with Crippen molar-refractivity contribution in [2.75, 3.05) is 32.1 Å². The SMILES string of the molecule is CC(C)c1ccc(N2C(=O)[C@@H](C=NCC[NH+](C)C)C(=O)NC2=S)cc1. The van der Waals surface area contributed by atoms with E-state index in [1.54, 1.807) is 0 Å². The third kappa shape index (κ3) is 4.70. The second-order valence-corrected chi connectivity index (χ2v) is 7.09. The molecular weight excluding hydrogens is 336 g/mol. The van der Waals surface area contributed by atoms with E-state index in [4.69, 9.17) is 12.2 Å². The van der Waals surface area contributed by atoms with Crippen molar-refractivity contribution in [3.05, 3.63) is 29.8 Å². The number of aliphatic imine (C=N–C) groups is 1. The van der Waals surface area contributed by atoms with Crippen molar-refractivity contribution in [3.8, 4) is 0 Å². The Bertz CT molecular complexity index is 683. The topological polar surface area (TPSA) is 66.2 Å². The largest absolute Gasteiger partial charge is 0.338 e. The van der Waals surface area contributed by atoms with E-state index in [9.17, 15) is 9.59 Å². The number of anilines is 1. The molecule has 0 saturated carbocycles. The molecular formula is C18H25N4O2S+. The number of amides is 2. The lowest BCUT2D eigenvalue weighted by Gasteiger charge is -2.31. The highest BCUT2D eigenvalue weighted by molar-refractivity contribution is 7.80. The maximum atomic E-state index is 12.8. The lowest BCUT2D eigenvalue weighted by Crippen LogP contribution is -3.06. The van der Waals surface area contributed by atoms with E-state index < -0.39 is 11.8 Å². The third-order valence-electron chi connectivity index (χ3n) is 4.02. The van der Waals surface area contributed by atoms with Gasteiger partial charge in [0.1, 0.15) is 0 Å². The van der Waals surface area contributed by atoms with Gasteiger partial charge in [0.25, 0.3) is 5.91 Å². The van der Waals surface area contributed by atoms with E-state index in [1.165, 1.54) is 21.6 Å². The summed E-state index contributed by atoms with van der Waals surface area (Å²) in [7, 11) is 4.05. The number of carbonyl (C=O) groups excluding carboxylic acids is 2. The van der Waals surface area contributed by atoms with E-state index in [-0.39, 0.29) is 11.0 Å². The van der Waals surface area contributed by atoms with Crippen molar-refractivity contribution in [2.24, 2.45) is 10.9 Å². The molecule has 1 aromatic rings. The second-order valence-electron chi connectivity index (χ2n) is 6.70. The maximum Gasteiger partial charge on any atom is 0.251 e. The van der Waals surface area contributed by atoms with E-state index in [1.807, 2.05) is 38.4 Å². The van der Waals surface area contributed by atoms with Crippen LogP contribution in [0, 0.1) is 5.92 Å². The molecule has 1 saturated heterocycles. The zero-order valence-corrected chi connectivity index (χ0v) is 15.9. The van der Waals surface area contributed by atoms with Gasteiger partial charge in [-0.15, -0.1) is 0 Å². The fraction of sp³-hybridized carbons (Fsp3) is 0.444. The maximum absolute atomic E-state index is 12.8. The first-order valence-electron chi connectivity index (χ1n) is 8.39. The Morgan fingerprint density at radius 3 is 2.48 bits per heavy atom. The van der Waals surface area contributed by atoms with Gasteiger partial charge < -0.3 is 10.2 Å². The van der Waals surface area contributed by atoms with Crippen molar-refractivity contribution >= 4 is 41.0 Å². The molecule has 1 aromatic carbocycles. The average molecular weight is 361 g/mol. The number of carbonyl (C=O) groups is 2. The summed E-state index contributed by atoms with van der Waals surface area (Å²) in [5.74, 6) is -1.34. The molecule has 1 fully saturated rings. The summed E-state index contributed by atoms with van der Waals surface area (Å²) in [6.07, 6.45) is 1.43. The van der Waals surface area contributed by atoms with Crippen LogP contribution < -0.4 is 15.1 Å². The van der Waals surface area contributed by atoms with Crippen molar-refractivity contribution in [1.82, 2.24) is 5.32 Å². The smallest absolute Gasteiger partial charge is 0.251 e. The van der Waals surface area contributed by atoms with Crippen LogP contribution in [0.3, 0.4) is 0 Å². The van der Waals surface area contributed by atoms with Crippen LogP contribution in [0.25, 0.3) is 0 Å². The Kier molecular flexibility index (Phi) is 6.39. The van der Waals surface area contributed by atoms with E-state index in [0.717, 1.165) is 6.54 Å². The molecule has 0 unspecified atom stereocenters. The van der Waals surface area contributed by atoms with Gasteiger partial charge in [-0.2, -0.15) is 0 Å². The number of likely N-dealkylation sites (N-methyl/N-ethyl adjacent to an activating group) is 1. The molecule has 2 rings (SSSR count). The number of thiocarbonyl (C=S) groups is 1. The molecule has 0 spiro atoms. The zero-order valence-electron chi connectivity index (χ0n) is 15.1. The first-order valence-corrected chi connectivity index (χ1v) is 8.79. The van der Waals surface area contributed by atoms with Crippen LogP contribution in [-0.4, -0.2) is 50.3 Å². The standard InChI is InChI=1S/C18H24N4O2S/c1-12(2)13-5-7-14(8-6-13)22-17(24)15(16(23)20-18(22)25)11-19-9-10-21(3)4/h5-8,11-12,15H,9-10H2,1-4H3,(H,20,23,25)/p+1/t15-/m0/s1. The number of nitrogens with zero attached hydrogens (tertiary/aromatic N) is 2. The summed E-state index contributed by atoms with van der Waals surface area (Å²) < 4.78 is 0. The van der Waals surface area contributed by atoms with Gasteiger partial charge >= 0.3 is 0 Å². The Balaban J connectivity index is 2.19. The predicted octanol–water partition coefficient (Wildman–Crippen LogP) is 0.389. The van der Waals surface area contributed by atoms with E-state index >= 15 is 0 Å². The molecule has 1 aliphatic rings. The molecule has 25 heavy (non-hydrogen) atoms. The van der Waals surface area contributed by atoms with Crippen LogP contribution in [0.15, 0.2) is 29.3 Å². The second kappa shape index (κ2) is 8.31. The van der Waals surface area contributed by atoms with Gasteiger partial charge in [0.2, 0.25) is 5.91 Å². The lowest BCUT2D eigenvalue weighted by molar-refractivity contribution is -0.856. The van der Waals surface area contributed by atoms with Crippen LogP contribution in [0.2, 0.25) is 0 Å². The van der Waals surface area contributed by atoms with Crippen LogP contribution in [-0.2, 0) is 9.59 Å².